The van der Waals surface area contributed by atoms with Crippen molar-refractivity contribution in [2.45, 2.75) is 411 Å². The zero-order valence-electron chi connectivity index (χ0n) is 50.6. The summed E-state index contributed by atoms with van der Waals surface area (Å²) >= 11 is 0. The molecule has 3 N–H and O–H groups in total. The second-order valence-electron chi connectivity index (χ2n) is 23.9. The lowest BCUT2D eigenvalue weighted by atomic mass is 10.0. The molecule has 0 radical (unpaired) electrons. The lowest BCUT2D eigenvalue weighted by Crippen LogP contribution is -2.45. The summed E-state index contributed by atoms with van der Waals surface area (Å²) < 4.78 is 5.47. The van der Waals surface area contributed by atoms with E-state index in [2.05, 4.69) is 19.2 Å². The Bertz CT molecular complexity index is 1070. The monoisotopic (exact) mass is 1050 g/mol. The Kier molecular flexibility index (Phi) is 63.4. The zero-order valence-corrected chi connectivity index (χ0v) is 50.6. The molecule has 0 spiro atoms. The number of aliphatic hydroxyl groups is 2. The van der Waals surface area contributed by atoms with E-state index in [0.29, 0.717) is 25.9 Å². The molecule has 0 saturated heterocycles. The van der Waals surface area contributed by atoms with Gasteiger partial charge >= 0.3 is 5.97 Å². The highest BCUT2D eigenvalue weighted by Gasteiger charge is 2.20. The van der Waals surface area contributed by atoms with E-state index < -0.39 is 12.1 Å². The van der Waals surface area contributed by atoms with Gasteiger partial charge in [-0.1, -0.05) is 361 Å². The van der Waals surface area contributed by atoms with Crippen molar-refractivity contribution in [1.82, 2.24) is 5.32 Å². The summed E-state index contributed by atoms with van der Waals surface area (Å²) in [6.45, 7) is 4.99. The van der Waals surface area contributed by atoms with E-state index in [9.17, 15) is 19.8 Å². The van der Waals surface area contributed by atoms with Crippen molar-refractivity contribution in [3.05, 3.63) is 0 Å². The van der Waals surface area contributed by atoms with E-state index in [4.69, 9.17) is 4.74 Å². The number of nitrogens with one attached hydrogen (secondary N) is 1. The molecule has 442 valence electrons. The molecule has 0 heterocycles. The molecular formula is C68H135NO5. The Morgan fingerprint density at radius 2 is 0.554 bits per heavy atom. The molecule has 0 fully saturated rings. The first-order valence-corrected chi connectivity index (χ1v) is 34.3. The first-order chi connectivity index (χ1) is 36.5. The van der Waals surface area contributed by atoms with Gasteiger partial charge in [-0.2, -0.15) is 0 Å². The van der Waals surface area contributed by atoms with E-state index >= 15 is 0 Å². The van der Waals surface area contributed by atoms with Gasteiger partial charge in [0.05, 0.1) is 25.4 Å². The van der Waals surface area contributed by atoms with Crippen LogP contribution in [0.5, 0.6) is 0 Å². The van der Waals surface area contributed by atoms with Crippen LogP contribution in [-0.2, 0) is 14.3 Å². The van der Waals surface area contributed by atoms with Crippen LogP contribution in [0.2, 0.25) is 0 Å². The quantitative estimate of drug-likeness (QED) is 0.0417. The molecule has 1 amide bonds. The average molecular weight is 1050 g/mol. The minimum Gasteiger partial charge on any atom is -0.466 e. The Morgan fingerprint density at radius 1 is 0.324 bits per heavy atom. The Labute approximate surface area is 464 Å². The second kappa shape index (κ2) is 64.4. The van der Waals surface area contributed by atoms with E-state index in [1.54, 1.807) is 0 Å². The normalized spacial score (nSPS) is 12.4. The number of unbranched alkanes of at least 4 members (excludes halogenated alkanes) is 54. The summed E-state index contributed by atoms with van der Waals surface area (Å²) in [6, 6.07) is -0.540. The molecule has 6 nitrogen and oxygen atoms in total. The van der Waals surface area contributed by atoms with Gasteiger partial charge < -0.3 is 20.3 Å². The van der Waals surface area contributed by atoms with Gasteiger partial charge in [-0.25, -0.2) is 0 Å². The fourth-order valence-corrected chi connectivity index (χ4v) is 11.2. The maximum absolute atomic E-state index is 12.5. The van der Waals surface area contributed by atoms with Gasteiger partial charge in [-0.15, -0.1) is 0 Å². The van der Waals surface area contributed by atoms with Crippen molar-refractivity contribution in [1.29, 1.82) is 0 Å². The van der Waals surface area contributed by atoms with Crippen molar-refractivity contribution in [3.8, 4) is 0 Å². The number of rotatable bonds is 65. The summed E-state index contributed by atoms with van der Waals surface area (Å²) in [5, 5.41) is 23.4. The third-order valence-corrected chi connectivity index (χ3v) is 16.4. The molecule has 0 aromatic carbocycles. The first-order valence-electron chi connectivity index (χ1n) is 34.3. The van der Waals surface area contributed by atoms with Gasteiger partial charge in [0.15, 0.2) is 0 Å². The molecule has 2 atom stereocenters. The molecule has 74 heavy (non-hydrogen) atoms. The number of aliphatic hydroxyl groups excluding tert-OH is 2. The fraction of sp³-hybridized carbons (Fsp3) is 0.971. The fourth-order valence-electron chi connectivity index (χ4n) is 11.2. The van der Waals surface area contributed by atoms with Crippen molar-refractivity contribution in [3.63, 3.8) is 0 Å². The van der Waals surface area contributed by atoms with Crippen LogP contribution in [0.25, 0.3) is 0 Å². The largest absolute Gasteiger partial charge is 0.466 e. The predicted molar refractivity (Wildman–Crippen MR) is 324 cm³/mol. The maximum Gasteiger partial charge on any atom is 0.305 e. The summed E-state index contributed by atoms with van der Waals surface area (Å²) in [4.78, 5) is 24.5. The molecule has 0 aliphatic rings. The van der Waals surface area contributed by atoms with Gasteiger partial charge in [0.2, 0.25) is 5.91 Å². The van der Waals surface area contributed by atoms with Crippen LogP contribution in [0.1, 0.15) is 399 Å². The second-order valence-corrected chi connectivity index (χ2v) is 23.9. The summed E-state index contributed by atoms with van der Waals surface area (Å²) in [6.07, 6.45) is 77.1. The Hall–Kier alpha value is -1.14. The molecule has 0 aliphatic carbocycles. The third kappa shape index (κ3) is 60.1. The summed E-state index contributed by atoms with van der Waals surface area (Å²) in [5.74, 6) is -0.0106. The molecule has 0 rings (SSSR count). The van der Waals surface area contributed by atoms with E-state index in [0.717, 1.165) is 38.5 Å². The van der Waals surface area contributed by atoms with Gasteiger partial charge in [-0.3, -0.25) is 9.59 Å². The summed E-state index contributed by atoms with van der Waals surface area (Å²) in [5.41, 5.74) is 0. The molecule has 0 saturated carbocycles. The van der Waals surface area contributed by atoms with Gasteiger partial charge in [0.25, 0.3) is 0 Å². The van der Waals surface area contributed by atoms with E-state index in [-0.39, 0.29) is 18.5 Å². The van der Waals surface area contributed by atoms with Crippen LogP contribution in [0.4, 0.5) is 0 Å². The van der Waals surface area contributed by atoms with Crippen LogP contribution in [-0.4, -0.2) is 47.4 Å². The van der Waals surface area contributed by atoms with Crippen molar-refractivity contribution in [2.75, 3.05) is 13.2 Å². The van der Waals surface area contributed by atoms with Crippen molar-refractivity contribution in [2.24, 2.45) is 0 Å². The number of ether oxygens (including phenoxy) is 1. The smallest absolute Gasteiger partial charge is 0.305 e. The highest BCUT2D eigenvalue weighted by Crippen LogP contribution is 2.19. The lowest BCUT2D eigenvalue weighted by Gasteiger charge is -2.22. The minimum absolute atomic E-state index is 0.0174. The average Bonchev–Trinajstić information content (AvgIpc) is 3.40. The first kappa shape index (κ1) is 72.9. The number of carbonyl (C=O) groups excluding carboxylic acids is 2. The highest BCUT2D eigenvalue weighted by molar-refractivity contribution is 5.76. The molecule has 2 unspecified atom stereocenters. The topological polar surface area (TPSA) is 95.9 Å². The van der Waals surface area contributed by atoms with Crippen molar-refractivity contribution < 1.29 is 24.5 Å². The van der Waals surface area contributed by atoms with Crippen LogP contribution in [0.3, 0.4) is 0 Å². The number of hydrogen-bond acceptors (Lipinski definition) is 5. The number of amides is 1. The SMILES string of the molecule is CCCCCCCCCCCCCCCCCCCCCCCC(O)C(CO)NC(=O)CCCCCCCCCCCCCCCCCCCCCCCCCCCOC(=O)CCCCCCCCCCCCC. The standard InChI is InChI=1S/C68H135NO5/c1-3-5-7-9-11-13-15-16-17-18-19-25-28-31-34-37-41-44-48-52-56-60-66(71)65(64-70)69-67(72)61-57-53-49-45-42-38-35-32-29-26-23-21-20-22-24-27-30-33-36-39-43-47-51-55-59-63-74-68(73)62-58-54-50-46-40-14-12-10-8-6-4-2/h65-66,70-71H,3-64H2,1-2H3,(H,69,72). The van der Waals surface area contributed by atoms with Crippen LogP contribution >= 0.6 is 0 Å². The number of esters is 1. The third-order valence-electron chi connectivity index (χ3n) is 16.4. The lowest BCUT2D eigenvalue weighted by molar-refractivity contribution is -0.143. The van der Waals surface area contributed by atoms with Crippen molar-refractivity contribution >= 4 is 11.9 Å². The zero-order chi connectivity index (χ0) is 53.6. The minimum atomic E-state index is -0.663. The number of carbonyl (C=O) groups is 2. The van der Waals surface area contributed by atoms with Crippen LogP contribution in [0.15, 0.2) is 0 Å². The van der Waals surface area contributed by atoms with E-state index in [1.807, 2.05) is 0 Å². The van der Waals surface area contributed by atoms with Gasteiger partial charge in [0, 0.05) is 12.8 Å². The maximum atomic E-state index is 12.5. The highest BCUT2D eigenvalue weighted by atomic mass is 16.5. The predicted octanol–water partition coefficient (Wildman–Crippen LogP) is 21.8. The Balaban J connectivity index is 3.36. The van der Waals surface area contributed by atoms with Crippen LogP contribution < -0.4 is 5.32 Å². The molecular weight excluding hydrogens is 911 g/mol. The Morgan fingerprint density at radius 3 is 0.824 bits per heavy atom. The number of hydrogen-bond donors (Lipinski definition) is 3. The molecule has 0 bridgehead atoms. The summed E-state index contributed by atoms with van der Waals surface area (Å²) in [7, 11) is 0. The molecule has 0 aliphatic heterocycles. The molecule has 0 aromatic heterocycles. The van der Waals surface area contributed by atoms with Gasteiger partial charge in [0.1, 0.15) is 0 Å². The molecule has 0 aromatic rings. The molecule has 6 heteroatoms. The van der Waals surface area contributed by atoms with E-state index in [1.165, 1.54) is 327 Å². The van der Waals surface area contributed by atoms with Crippen LogP contribution in [0, 0.1) is 0 Å². The van der Waals surface area contributed by atoms with Gasteiger partial charge in [-0.05, 0) is 25.7 Å².